The summed E-state index contributed by atoms with van der Waals surface area (Å²) in [5.41, 5.74) is -0.756. The van der Waals surface area contributed by atoms with Crippen molar-refractivity contribution >= 4 is 22.7 Å². The van der Waals surface area contributed by atoms with Crippen LogP contribution in [0.4, 0.5) is 13.2 Å². The molecule has 35 heavy (non-hydrogen) atoms. The Morgan fingerprint density at radius 3 is 2.51 bits per heavy atom. The van der Waals surface area contributed by atoms with E-state index in [2.05, 4.69) is 27.2 Å². The first-order chi connectivity index (χ1) is 16.7. The highest BCUT2D eigenvalue weighted by Gasteiger charge is 2.36. The van der Waals surface area contributed by atoms with Crippen LogP contribution >= 0.6 is 11.8 Å². The molecule has 0 fully saturated rings. The van der Waals surface area contributed by atoms with Crippen molar-refractivity contribution in [1.29, 1.82) is 10.7 Å². The zero-order chi connectivity index (χ0) is 27.0. The molecule has 1 heterocycles. The van der Waals surface area contributed by atoms with Gasteiger partial charge in [0.2, 0.25) is 0 Å². The van der Waals surface area contributed by atoms with Gasteiger partial charge in [-0.2, -0.15) is 28.6 Å². The monoisotopic (exact) mass is 507 g/mol. The molecule has 0 aliphatic rings. The van der Waals surface area contributed by atoms with Gasteiger partial charge in [-0.1, -0.05) is 52.1 Å². The predicted octanol–water partition coefficient (Wildman–Crippen LogP) is 6.73. The molecule has 1 aromatic carbocycles. The fourth-order valence-corrected chi connectivity index (χ4v) is 2.64. The van der Waals surface area contributed by atoms with E-state index < -0.39 is 24.4 Å². The highest BCUT2D eigenvalue weighted by molar-refractivity contribution is 8.16. The average Bonchev–Trinajstić information content (AvgIpc) is 3.31. The Bertz CT molecular complexity index is 1100. The highest BCUT2D eigenvalue weighted by atomic mass is 32.2. The molecular formula is C23H28F3N7OS. The van der Waals surface area contributed by atoms with Crippen molar-refractivity contribution in [3.63, 3.8) is 0 Å². The van der Waals surface area contributed by atoms with E-state index in [4.69, 9.17) is 10.7 Å². The van der Waals surface area contributed by atoms with Crippen molar-refractivity contribution < 1.29 is 18.0 Å². The summed E-state index contributed by atoms with van der Waals surface area (Å²) in [6.07, 6.45) is -3.30. The third kappa shape index (κ3) is 9.97. The lowest BCUT2D eigenvalue weighted by molar-refractivity contribution is -0.144. The minimum Gasteiger partial charge on any atom is -0.305 e. The molecule has 0 atom stereocenters. The van der Waals surface area contributed by atoms with E-state index in [0.717, 1.165) is 17.8 Å². The second-order valence-corrected chi connectivity index (χ2v) is 6.71. The minimum absolute atomic E-state index is 0.00301. The average molecular weight is 508 g/mol. The van der Waals surface area contributed by atoms with E-state index in [0.29, 0.717) is 10.2 Å². The summed E-state index contributed by atoms with van der Waals surface area (Å²) < 4.78 is 40.4. The number of hydrogen-bond donors (Lipinski definition) is 2. The van der Waals surface area contributed by atoms with E-state index in [1.807, 2.05) is 33.8 Å². The van der Waals surface area contributed by atoms with Gasteiger partial charge in [0.15, 0.2) is 12.5 Å². The number of rotatable bonds is 7. The van der Waals surface area contributed by atoms with Crippen LogP contribution in [-0.4, -0.2) is 20.7 Å². The Kier molecular flexibility index (Phi) is 14.3. The first-order valence-corrected chi connectivity index (χ1v) is 11.4. The number of carbonyl (C=O) groups excluding carboxylic acids is 1. The largest absolute Gasteiger partial charge is 0.433 e. The number of alkyl halides is 3. The Balaban J connectivity index is 0.00000274. The van der Waals surface area contributed by atoms with Crippen molar-refractivity contribution in [2.24, 2.45) is 10.2 Å². The van der Waals surface area contributed by atoms with E-state index >= 15 is 0 Å². The smallest absolute Gasteiger partial charge is 0.305 e. The second kappa shape index (κ2) is 16.0. The van der Waals surface area contributed by atoms with Crippen molar-refractivity contribution in [2.75, 3.05) is 0 Å². The number of benzene rings is 1. The first-order valence-electron chi connectivity index (χ1n) is 10.6. The highest BCUT2D eigenvalue weighted by Crippen LogP contribution is 2.30. The van der Waals surface area contributed by atoms with Crippen LogP contribution in [0.5, 0.6) is 0 Å². The Morgan fingerprint density at radius 1 is 1.31 bits per heavy atom. The lowest BCUT2D eigenvalue weighted by atomic mass is 10.1. The summed E-state index contributed by atoms with van der Waals surface area (Å²) in [6.45, 7) is 12.4. The topological polar surface area (TPSA) is 119 Å². The Morgan fingerprint density at radius 2 is 1.97 bits per heavy atom. The standard InChI is InChI=1S/C19H16F3N7OS.2C2H6/c1-3-16(26-18(30)13-7-5-6-12(8-13)10-23)27-25-11-29-15(19(20,21)22)9-14(28-29)17(24)31-4-2;2*1-2/h3-9,24H,2,11H2,1H3,(H,26,30);2*1-2H3/b16-3-,24-17?,27-25-;;. The molecule has 0 spiro atoms. The lowest BCUT2D eigenvalue weighted by Crippen LogP contribution is -2.21. The number of nitriles is 1. The maximum absolute atomic E-state index is 13.3. The molecule has 1 aromatic heterocycles. The van der Waals surface area contributed by atoms with Crippen LogP contribution in [-0.2, 0) is 12.8 Å². The number of azo groups is 1. The van der Waals surface area contributed by atoms with Gasteiger partial charge in [0.05, 0.1) is 11.6 Å². The van der Waals surface area contributed by atoms with Crippen LogP contribution in [0.15, 0.2) is 64.4 Å². The van der Waals surface area contributed by atoms with Crippen molar-refractivity contribution in [1.82, 2.24) is 15.1 Å². The molecule has 8 nitrogen and oxygen atoms in total. The molecule has 0 saturated carbocycles. The van der Waals surface area contributed by atoms with Gasteiger partial charge in [0.1, 0.15) is 16.4 Å². The van der Waals surface area contributed by atoms with Gasteiger partial charge < -0.3 is 5.32 Å². The van der Waals surface area contributed by atoms with Crippen LogP contribution in [0.25, 0.3) is 0 Å². The fraction of sp³-hybridized carbons (Fsp3) is 0.304. The molecule has 2 rings (SSSR count). The number of nitrogens with zero attached hydrogens (tertiary/aromatic N) is 5. The van der Waals surface area contributed by atoms with Crippen LogP contribution < -0.4 is 5.32 Å². The SMILES string of the molecule is C=CSC(=N)c1cc(C(F)(F)F)n(C/N=N\C(=C/C)NC(=O)c2cccc(C#N)c2)n1.CC.CC. The first kappa shape index (κ1) is 31.3. The molecule has 0 aliphatic heterocycles. The molecule has 1 amide bonds. The van der Waals surface area contributed by atoms with E-state index in [1.54, 1.807) is 13.0 Å². The number of amides is 1. The number of nitrogens with one attached hydrogen (secondary N) is 2. The fourth-order valence-electron chi connectivity index (χ4n) is 2.25. The number of aromatic nitrogens is 2. The van der Waals surface area contributed by atoms with E-state index in [9.17, 15) is 18.0 Å². The Hall–Kier alpha value is -3.72. The molecular weight excluding hydrogens is 479 g/mol. The third-order valence-corrected chi connectivity index (χ3v) is 4.26. The molecule has 188 valence electrons. The molecule has 0 bridgehead atoms. The van der Waals surface area contributed by atoms with E-state index in [1.165, 1.54) is 29.7 Å². The van der Waals surface area contributed by atoms with Gasteiger partial charge in [-0.05, 0) is 42.7 Å². The summed E-state index contributed by atoms with van der Waals surface area (Å²) in [4.78, 5) is 12.3. The molecule has 2 N–H and O–H groups in total. The second-order valence-electron chi connectivity index (χ2n) is 5.73. The van der Waals surface area contributed by atoms with Crippen molar-refractivity contribution in [3.05, 3.63) is 76.7 Å². The third-order valence-electron chi connectivity index (χ3n) is 3.65. The lowest BCUT2D eigenvalue weighted by Gasteiger charge is -2.08. The van der Waals surface area contributed by atoms with Gasteiger partial charge in [-0.25, -0.2) is 4.68 Å². The predicted molar refractivity (Wildman–Crippen MR) is 132 cm³/mol. The molecule has 0 unspecified atom stereocenters. The van der Waals surface area contributed by atoms with Gasteiger partial charge in [-0.3, -0.25) is 10.2 Å². The summed E-state index contributed by atoms with van der Waals surface area (Å²) in [5.74, 6) is -0.556. The van der Waals surface area contributed by atoms with E-state index in [-0.39, 0.29) is 22.1 Å². The maximum atomic E-state index is 13.3. The summed E-state index contributed by atoms with van der Waals surface area (Å²) in [7, 11) is 0. The van der Waals surface area contributed by atoms with Crippen molar-refractivity contribution in [2.45, 2.75) is 47.5 Å². The Labute approximate surface area is 207 Å². The number of thioether (sulfide) groups is 1. The van der Waals surface area contributed by atoms with Crippen LogP contribution in [0.1, 0.15) is 61.9 Å². The molecule has 2 aromatic rings. The number of hydrogen-bond acceptors (Lipinski definition) is 7. The molecule has 0 saturated heterocycles. The summed E-state index contributed by atoms with van der Waals surface area (Å²) in [6, 6.07) is 8.63. The molecule has 12 heteroatoms. The number of carbonyl (C=O) groups is 1. The maximum Gasteiger partial charge on any atom is 0.433 e. The zero-order valence-corrected chi connectivity index (χ0v) is 21.0. The molecule has 0 radical (unpaired) electrons. The quantitative estimate of drug-likeness (QED) is 0.245. The van der Waals surface area contributed by atoms with Gasteiger partial charge in [-0.15, -0.1) is 5.11 Å². The van der Waals surface area contributed by atoms with Gasteiger partial charge in [0.25, 0.3) is 5.91 Å². The van der Waals surface area contributed by atoms with Gasteiger partial charge >= 0.3 is 6.18 Å². The van der Waals surface area contributed by atoms with Gasteiger partial charge in [0, 0.05) is 5.56 Å². The summed E-state index contributed by atoms with van der Waals surface area (Å²) in [5, 5.41) is 31.4. The number of halogens is 3. The van der Waals surface area contributed by atoms with Crippen LogP contribution in [0.3, 0.4) is 0 Å². The molecule has 0 aliphatic carbocycles. The number of allylic oxidation sites excluding steroid dienone is 1. The van der Waals surface area contributed by atoms with Crippen LogP contribution in [0, 0.1) is 16.7 Å². The summed E-state index contributed by atoms with van der Waals surface area (Å²) >= 11 is 0.830. The minimum atomic E-state index is -4.71. The van der Waals surface area contributed by atoms with Crippen LogP contribution in [0.2, 0.25) is 0 Å². The van der Waals surface area contributed by atoms with Crippen molar-refractivity contribution in [3.8, 4) is 6.07 Å². The zero-order valence-electron chi connectivity index (χ0n) is 20.1. The normalized spacial score (nSPS) is 10.9.